The fourth-order valence-electron chi connectivity index (χ4n) is 5.05. The molecule has 2 heterocycles. The zero-order valence-electron chi connectivity index (χ0n) is 26.5. The van der Waals surface area contributed by atoms with Gasteiger partial charge in [0.25, 0.3) is 11.8 Å². The van der Waals surface area contributed by atoms with E-state index in [4.69, 9.17) is 0 Å². The normalized spacial score (nSPS) is 12.0. The summed E-state index contributed by atoms with van der Waals surface area (Å²) in [6.07, 6.45) is 3.46. The third-order valence-corrected chi connectivity index (χ3v) is 9.56. The van der Waals surface area contributed by atoms with Gasteiger partial charge < -0.3 is 20.9 Å². The number of amides is 3. The molecule has 0 saturated heterocycles. The van der Waals surface area contributed by atoms with Crippen molar-refractivity contribution in [2.24, 2.45) is 0 Å². The Morgan fingerprint density at radius 3 is 2.42 bits per heavy atom. The van der Waals surface area contributed by atoms with Crippen LogP contribution in [0.4, 0.5) is 10.8 Å². The summed E-state index contributed by atoms with van der Waals surface area (Å²) in [6.45, 7) is 5.86. The van der Waals surface area contributed by atoms with E-state index in [0.29, 0.717) is 16.4 Å². The smallest absolute Gasteiger partial charge is 0.272 e. The average Bonchev–Trinajstić information content (AvgIpc) is 3.67. The molecular formula is C38H33N5O3S2. The lowest BCUT2D eigenvalue weighted by atomic mass is 10.1. The molecule has 6 rings (SSSR count). The number of anilines is 2. The number of carbonyl (C=O) groups is 3. The molecule has 0 fully saturated rings. The van der Waals surface area contributed by atoms with Crippen molar-refractivity contribution >= 4 is 68.6 Å². The molecule has 0 saturated carbocycles. The average molecular weight is 672 g/mol. The molecule has 2 aromatic heterocycles. The third kappa shape index (κ3) is 7.74. The number of aromatic nitrogens is 2. The van der Waals surface area contributed by atoms with Gasteiger partial charge in [-0.25, -0.2) is 4.98 Å². The summed E-state index contributed by atoms with van der Waals surface area (Å²) in [4.78, 5) is 49.6. The van der Waals surface area contributed by atoms with Gasteiger partial charge in [-0.1, -0.05) is 72.3 Å². The van der Waals surface area contributed by atoms with Crippen LogP contribution in [0.2, 0.25) is 0 Å². The van der Waals surface area contributed by atoms with Crippen LogP contribution in [0, 0.1) is 13.8 Å². The molecule has 6 aromatic rings. The maximum absolute atomic E-state index is 13.7. The van der Waals surface area contributed by atoms with Crippen molar-refractivity contribution in [2.75, 3.05) is 10.6 Å². The molecule has 48 heavy (non-hydrogen) atoms. The SMILES string of the molecule is Cc1ccc(-c2nc(NC(=O)C(C)Sc3cccc(NC(=O)/C(=C/c4c[nH]c5ccccc45)NC(=O)c4ccccc4)c3)sc2C)cc1. The largest absolute Gasteiger partial charge is 0.361 e. The summed E-state index contributed by atoms with van der Waals surface area (Å²) in [5.41, 5.74) is 5.75. The quantitative estimate of drug-likeness (QED) is 0.0862. The number of hydrogen-bond acceptors (Lipinski definition) is 6. The van der Waals surface area contributed by atoms with E-state index in [1.807, 2.05) is 87.5 Å². The number of aromatic amines is 1. The number of benzene rings is 4. The number of thiazole rings is 1. The summed E-state index contributed by atoms with van der Waals surface area (Å²) in [7, 11) is 0. The van der Waals surface area contributed by atoms with E-state index < -0.39 is 17.1 Å². The highest BCUT2D eigenvalue weighted by Crippen LogP contribution is 2.32. The lowest BCUT2D eigenvalue weighted by molar-refractivity contribution is -0.115. The van der Waals surface area contributed by atoms with Gasteiger partial charge in [0.1, 0.15) is 5.70 Å². The van der Waals surface area contributed by atoms with Gasteiger partial charge in [-0.3, -0.25) is 14.4 Å². The highest BCUT2D eigenvalue weighted by atomic mass is 32.2. The van der Waals surface area contributed by atoms with E-state index in [1.165, 1.54) is 28.7 Å². The van der Waals surface area contributed by atoms with E-state index in [2.05, 4.69) is 25.9 Å². The van der Waals surface area contributed by atoms with Crippen molar-refractivity contribution in [3.8, 4) is 11.3 Å². The minimum Gasteiger partial charge on any atom is -0.361 e. The van der Waals surface area contributed by atoms with Gasteiger partial charge in [0.15, 0.2) is 5.13 Å². The van der Waals surface area contributed by atoms with Gasteiger partial charge in [0.05, 0.1) is 10.9 Å². The number of carbonyl (C=O) groups excluding carboxylic acids is 3. The number of rotatable bonds is 10. The lowest BCUT2D eigenvalue weighted by Gasteiger charge is -2.13. The van der Waals surface area contributed by atoms with Crippen LogP contribution in [0.3, 0.4) is 0 Å². The molecule has 0 bridgehead atoms. The Labute approximate surface area is 286 Å². The molecule has 1 atom stereocenters. The van der Waals surface area contributed by atoms with E-state index in [1.54, 1.807) is 48.7 Å². The monoisotopic (exact) mass is 671 g/mol. The molecule has 3 amide bonds. The van der Waals surface area contributed by atoms with Gasteiger partial charge in [-0.2, -0.15) is 0 Å². The van der Waals surface area contributed by atoms with Crippen molar-refractivity contribution in [1.29, 1.82) is 0 Å². The number of para-hydroxylation sites is 1. The molecule has 0 aliphatic carbocycles. The van der Waals surface area contributed by atoms with Crippen LogP contribution in [0.25, 0.3) is 28.2 Å². The van der Waals surface area contributed by atoms with Gasteiger partial charge in [0, 0.05) is 49.3 Å². The van der Waals surface area contributed by atoms with Crippen LogP contribution in [0.1, 0.15) is 33.3 Å². The van der Waals surface area contributed by atoms with E-state index in [0.717, 1.165) is 37.5 Å². The Balaban J connectivity index is 1.15. The Bertz CT molecular complexity index is 2140. The third-order valence-electron chi connectivity index (χ3n) is 7.58. The lowest BCUT2D eigenvalue weighted by Crippen LogP contribution is -2.30. The van der Waals surface area contributed by atoms with Crippen LogP contribution < -0.4 is 16.0 Å². The summed E-state index contributed by atoms with van der Waals surface area (Å²) in [5.74, 6) is -1.06. The van der Waals surface area contributed by atoms with E-state index >= 15 is 0 Å². The highest BCUT2D eigenvalue weighted by Gasteiger charge is 2.20. The summed E-state index contributed by atoms with van der Waals surface area (Å²) < 4.78 is 0. The van der Waals surface area contributed by atoms with Gasteiger partial charge in [0.2, 0.25) is 5.91 Å². The van der Waals surface area contributed by atoms with Crippen molar-refractivity contribution in [3.63, 3.8) is 0 Å². The zero-order chi connectivity index (χ0) is 33.6. The van der Waals surface area contributed by atoms with E-state index in [9.17, 15) is 14.4 Å². The number of nitrogens with one attached hydrogen (secondary N) is 4. The standard InChI is InChI=1S/C38H33N5O3S2/c1-23-16-18-26(19-17-23)34-24(2)48-38(42-34)43-35(44)25(3)47-30-13-9-12-29(21-30)40-37(46)33(41-36(45)27-10-5-4-6-11-27)20-28-22-39-32-15-8-7-14-31(28)32/h4-22,25,39H,1-3H3,(H,40,46)(H,41,45)(H,42,43,44)/b33-20-. The van der Waals surface area contributed by atoms with E-state index in [-0.39, 0.29) is 11.6 Å². The van der Waals surface area contributed by atoms with Crippen LogP contribution in [-0.2, 0) is 9.59 Å². The molecule has 240 valence electrons. The number of fused-ring (bicyclic) bond motifs is 1. The highest BCUT2D eigenvalue weighted by molar-refractivity contribution is 8.00. The zero-order valence-corrected chi connectivity index (χ0v) is 28.2. The number of nitrogens with zero attached hydrogens (tertiary/aromatic N) is 1. The Kier molecular flexibility index (Phi) is 9.84. The van der Waals surface area contributed by atoms with Gasteiger partial charge in [-0.15, -0.1) is 23.1 Å². The van der Waals surface area contributed by atoms with Crippen LogP contribution in [0.5, 0.6) is 0 Å². The Morgan fingerprint density at radius 1 is 0.875 bits per heavy atom. The van der Waals surface area contributed by atoms with Gasteiger partial charge in [-0.05, 0) is 63.2 Å². The molecule has 4 N–H and O–H groups in total. The molecule has 10 heteroatoms. The number of H-pyrrole nitrogens is 1. The molecule has 0 radical (unpaired) electrons. The second-order valence-corrected chi connectivity index (χ2v) is 13.8. The van der Waals surface area contributed by atoms with Crippen molar-refractivity contribution < 1.29 is 14.4 Å². The van der Waals surface area contributed by atoms with Gasteiger partial charge >= 0.3 is 0 Å². The van der Waals surface area contributed by atoms with Crippen molar-refractivity contribution in [2.45, 2.75) is 30.9 Å². The first-order valence-electron chi connectivity index (χ1n) is 15.3. The first-order valence-corrected chi connectivity index (χ1v) is 17.0. The minimum atomic E-state index is -0.485. The maximum Gasteiger partial charge on any atom is 0.272 e. The molecule has 0 spiro atoms. The number of aryl methyl sites for hydroxylation is 2. The molecule has 0 aliphatic heterocycles. The van der Waals surface area contributed by atoms with Crippen LogP contribution in [-0.4, -0.2) is 32.9 Å². The summed E-state index contributed by atoms with van der Waals surface area (Å²) in [6, 6.07) is 31.9. The maximum atomic E-state index is 13.7. The molecular weight excluding hydrogens is 639 g/mol. The Morgan fingerprint density at radius 2 is 1.62 bits per heavy atom. The Hall–Kier alpha value is -5.45. The number of hydrogen-bond donors (Lipinski definition) is 4. The second kappa shape index (κ2) is 14.5. The predicted molar refractivity (Wildman–Crippen MR) is 196 cm³/mol. The molecule has 8 nitrogen and oxygen atoms in total. The molecule has 1 unspecified atom stereocenters. The topological polar surface area (TPSA) is 116 Å². The fourth-order valence-corrected chi connectivity index (χ4v) is 6.82. The van der Waals surface area contributed by atoms with Crippen LogP contribution >= 0.6 is 23.1 Å². The molecule has 0 aliphatic rings. The van der Waals surface area contributed by atoms with Crippen LogP contribution in [0.15, 0.2) is 120 Å². The fraction of sp³-hybridized carbons (Fsp3) is 0.105. The first-order chi connectivity index (χ1) is 23.2. The predicted octanol–water partition coefficient (Wildman–Crippen LogP) is 8.44. The molecule has 4 aromatic carbocycles. The van der Waals surface area contributed by atoms with Crippen molar-refractivity contribution in [3.05, 3.63) is 137 Å². The summed E-state index contributed by atoms with van der Waals surface area (Å²) >= 11 is 2.81. The second-order valence-electron chi connectivity index (χ2n) is 11.2. The van der Waals surface area contributed by atoms with Crippen molar-refractivity contribution in [1.82, 2.24) is 15.3 Å². The first kappa shape index (κ1) is 32.5. The summed E-state index contributed by atoms with van der Waals surface area (Å²) in [5, 5.41) is 9.70. The minimum absolute atomic E-state index is 0.0863. The number of thioether (sulfide) groups is 1.